The summed E-state index contributed by atoms with van der Waals surface area (Å²) in [6, 6.07) is 35.1. The van der Waals surface area contributed by atoms with E-state index < -0.39 is 10.0 Å². The highest BCUT2D eigenvalue weighted by Gasteiger charge is 2.32. The molecule has 1 aliphatic rings. The zero-order valence-corrected chi connectivity index (χ0v) is 24.5. The average Bonchev–Trinajstić information content (AvgIpc) is 3.01. The number of piperazine rings is 1. The van der Waals surface area contributed by atoms with Crippen molar-refractivity contribution in [2.75, 3.05) is 37.0 Å². The predicted octanol–water partition coefficient (Wildman–Crippen LogP) is 5.69. The van der Waals surface area contributed by atoms with Crippen molar-refractivity contribution in [1.82, 2.24) is 9.80 Å². The number of rotatable bonds is 9. The SMILES string of the molecule is CCc1ccc(N(CC(=O)N2CCN(C(c3ccccc3)c3ccccc3)CC2)S(=O)(=O)c2ccc(C)cc2)cc1. The molecular weight excluding hydrogens is 530 g/mol. The van der Waals surface area contributed by atoms with E-state index in [1.54, 1.807) is 41.3 Å². The molecule has 7 heteroatoms. The van der Waals surface area contributed by atoms with Gasteiger partial charge in [-0.2, -0.15) is 0 Å². The molecule has 6 nitrogen and oxygen atoms in total. The molecule has 0 radical (unpaired) electrons. The number of benzene rings is 4. The lowest BCUT2D eigenvalue weighted by molar-refractivity contribution is -0.131. The number of hydrogen-bond donors (Lipinski definition) is 0. The second-order valence-electron chi connectivity index (χ2n) is 10.5. The molecule has 41 heavy (non-hydrogen) atoms. The Hall–Kier alpha value is -3.94. The highest BCUT2D eigenvalue weighted by molar-refractivity contribution is 7.92. The number of nitrogens with zero attached hydrogens (tertiary/aromatic N) is 3. The molecule has 0 bridgehead atoms. The van der Waals surface area contributed by atoms with Crippen LogP contribution in [0.25, 0.3) is 0 Å². The van der Waals surface area contributed by atoms with Crippen LogP contribution < -0.4 is 4.31 Å². The minimum absolute atomic E-state index is 0.0881. The van der Waals surface area contributed by atoms with Crippen molar-refractivity contribution >= 4 is 21.6 Å². The van der Waals surface area contributed by atoms with Gasteiger partial charge in [0, 0.05) is 26.2 Å². The highest BCUT2D eigenvalue weighted by atomic mass is 32.2. The van der Waals surface area contributed by atoms with Crippen molar-refractivity contribution in [1.29, 1.82) is 0 Å². The summed E-state index contributed by atoms with van der Waals surface area (Å²) < 4.78 is 28.9. The van der Waals surface area contributed by atoms with Gasteiger partial charge in [-0.1, -0.05) is 97.4 Å². The molecule has 0 N–H and O–H groups in total. The zero-order chi connectivity index (χ0) is 28.8. The summed E-state index contributed by atoms with van der Waals surface area (Å²) in [4.78, 5) is 18.0. The number of amides is 1. The third-order valence-electron chi connectivity index (χ3n) is 7.78. The van der Waals surface area contributed by atoms with E-state index in [0.29, 0.717) is 31.9 Å². The fourth-order valence-corrected chi connectivity index (χ4v) is 6.80. The molecule has 1 saturated heterocycles. The summed E-state index contributed by atoms with van der Waals surface area (Å²) in [5.74, 6) is -0.198. The van der Waals surface area contributed by atoms with Crippen LogP contribution in [0.1, 0.15) is 35.2 Å². The number of carbonyl (C=O) groups is 1. The summed E-state index contributed by atoms with van der Waals surface area (Å²) in [6.07, 6.45) is 0.848. The topological polar surface area (TPSA) is 60.9 Å². The van der Waals surface area contributed by atoms with Gasteiger partial charge in [-0.25, -0.2) is 8.42 Å². The summed E-state index contributed by atoms with van der Waals surface area (Å²) in [5.41, 5.74) is 4.99. The lowest BCUT2D eigenvalue weighted by atomic mass is 9.96. The zero-order valence-electron chi connectivity index (χ0n) is 23.7. The molecule has 1 aliphatic heterocycles. The summed E-state index contributed by atoms with van der Waals surface area (Å²) in [7, 11) is -3.95. The van der Waals surface area contributed by atoms with E-state index in [9.17, 15) is 13.2 Å². The number of hydrogen-bond acceptors (Lipinski definition) is 4. The van der Waals surface area contributed by atoms with Crippen molar-refractivity contribution in [2.45, 2.75) is 31.2 Å². The first-order valence-electron chi connectivity index (χ1n) is 14.2. The van der Waals surface area contributed by atoms with E-state index >= 15 is 0 Å². The number of aryl methyl sites for hydroxylation is 2. The van der Waals surface area contributed by atoms with Crippen molar-refractivity contribution in [2.24, 2.45) is 0 Å². The Morgan fingerprint density at radius 3 is 1.80 bits per heavy atom. The quantitative estimate of drug-likeness (QED) is 0.261. The van der Waals surface area contributed by atoms with E-state index in [1.807, 2.05) is 31.2 Å². The molecule has 4 aromatic rings. The van der Waals surface area contributed by atoms with Gasteiger partial charge in [0.15, 0.2) is 0 Å². The molecule has 0 aromatic heterocycles. The van der Waals surface area contributed by atoms with Crippen LogP contribution in [-0.4, -0.2) is 56.8 Å². The first-order chi connectivity index (χ1) is 19.9. The third kappa shape index (κ3) is 6.53. The van der Waals surface area contributed by atoms with Crippen LogP contribution in [0.4, 0.5) is 5.69 Å². The minimum Gasteiger partial charge on any atom is -0.339 e. The van der Waals surface area contributed by atoms with E-state index in [0.717, 1.165) is 17.5 Å². The minimum atomic E-state index is -3.95. The van der Waals surface area contributed by atoms with Crippen LogP contribution in [0.15, 0.2) is 114 Å². The monoisotopic (exact) mass is 567 g/mol. The largest absolute Gasteiger partial charge is 0.339 e. The lowest BCUT2D eigenvalue weighted by Crippen LogP contribution is -2.52. The van der Waals surface area contributed by atoms with Gasteiger partial charge >= 0.3 is 0 Å². The maximum Gasteiger partial charge on any atom is 0.264 e. The molecule has 0 aliphatic carbocycles. The van der Waals surface area contributed by atoms with Gasteiger partial charge in [0.25, 0.3) is 10.0 Å². The van der Waals surface area contributed by atoms with Gasteiger partial charge < -0.3 is 4.90 Å². The van der Waals surface area contributed by atoms with Gasteiger partial charge in [-0.3, -0.25) is 14.0 Å². The molecule has 0 spiro atoms. The summed E-state index contributed by atoms with van der Waals surface area (Å²) in [6.45, 7) is 6.17. The molecule has 5 rings (SSSR count). The van der Waals surface area contributed by atoms with E-state index in [4.69, 9.17) is 0 Å². The van der Waals surface area contributed by atoms with E-state index in [-0.39, 0.29) is 23.4 Å². The molecule has 1 amide bonds. The Morgan fingerprint density at radius 1 is 0.756 bits per heavy atom. The number of carbonyl (C=O) groups excluding carboxylic acids is 1. The van der Waals surface area contributed by atoms with Crippen molar-refractivity contribution in [3.8, 4) is 0 Å². The molecular formula is C34H37N3O3S. The smallest absolute Gasteiger partial charge is 0.264 e. The summed E-state index contributed by atoms with van der Waals surface area (Å²) >= 11 is 0. The molecule has 0 unspecified atom stereocenters. The molecule has 0 saturated carbocycles. The predicted molar refractivity (Wildman–Crippen MR) is 164 cm³/mol. The first-order valence-corrected chi connectivity index (χ1v) is 15.6. The molecule has 0 atom stereocenters. The van der Waals surface area contributed by atoms with Gasteiger partial charge in [-0.05, 0) is 54.3 Å². The Kier molecular flexibility index (Phi) is 8.86. The van der Waals surface area contributed by atoms with E-state index in [1.165, 1.54) is 15.4 Å². The van der Waals surface area contributed by atoms with Gasteiger partial charge in [0.1, 0.15) is 6.54 Å². The Morgan fingerprint density at radius 2 is 1.29 bits per heavy atom. The Balaban J connectivity index is 1.35. The Labute approximate surface area is 243 Å². The maximum atomic E-state index is 13.8. The first kappa shape index (κ1) is 28.6. The molecule has 4 aromatic carbocycles. The highest BCUT2D eigenvalue weighted by Crippen LogP contribution is 2.30. The molecule has 212 valence electrons. The average molecular weight is 568 g/mol. The lowest BCUT2D eigenvalue weighted by Gasteiger charge is -2.40. The third-order valence-corrected chi connectivity index (χ3v) is 9.57. The summed E-state index contributed by atoms with van der Waals surface area (Å²) in [5, 5.41) is 0. The van der Waals surface area contributed by atoms with E-state index in [2.05, 4.69) is 60.4 Å². The van der Waals surface area contributed by atoms with Gasteiger partial charge in [0.05, 0.1) is 16.6 Å². The van der Waals surface area contributed by atoms with Crippen LogP contribution in [0.5, 0.6) is 0 Å². The number of sulfonamides is 1. The van der Waals surface area contributed by atoms with Crippen molar-refractivity contribution in [3.63, 3.8) is 0 Å². The van der Waals surface area contributed by atoms with Crippen LogP contribution in [0.2, 0.25) is 0 Å². The molecule has 1 heterocycles. The van der Waals surface area contributed by atoms with Gasteiger partial charge in [0.2, 0.25) is 5.91 Å². The van der Waals surface area contributed by atoms with Crippen LogP contribution >= 0.6 is 0 Å². The normalized spacial score (nSPS) is 14.3. The second-order valence-corrected chi connectivity index (χ2v) is 12.3. The fourth-order valence-electron chi connectivity index (χ4n) is 5.39. The van der Waals surface area contributed by atoms with Crippen molar-refractivity contribution < 1.29 is 13.2 Å². The standard InChI is InChI=1S/C34H37N3O3S/c1-3-28-16-18-31(19-17-28)37(41(39,40)32-20-14-27(2)15-21-32)26-33(38)35-22-24-36(25-23-35)34(29-10-6-4-7-11-29)30-12-8-5-9-13-30/h4-21,34H,3,22-26H2,1-2H3. The second kappa shape index (κ2) is 12.7. The number of anilines is 1. The fraction of sp³-hybridized carbons (Fsp3) is 0.265. The van der Waals surface area contributed by atoms with Crippen LogP contribution in [0, 0.1) is 6.92 Å². The molecule has 1 fully saturated rings. The van der Waals surface area contributed by atoms with Crippen LogP contribution in [0.3, 0.4) is 0 Å². The maximum absolute atomic E-state index is 13.8. The van der Waals surface area contributed by atoms with Gasteiger partial charge in [-0.15, -0.1) is 0 Å². The Bertz CT molecular complexity index is 1490. The van der Waals surface area contributed by atoms with Crippen LogP contribution in [-0.2, 0) is 21.2 Å². The van der Waals surface area contributed by atoms with Crippen molar-refractivity contribution in [3.05, 3.63) is 131 Å².